The largest absolute Gasteiger partial charge is 0.443 e. The Hall–Kier alpha value is -2.02. The summed E-state index contributed by atoms with van der Waals surface area (Å²) in [5, 5.41) is 0. The average molecular weight is 290 g/mol. The lowest BCUT2D eigenvalue weighted by Crippen LogP contribution is -2.36. The lowest BCUT2D eigenvalue weighted by atomic mass is 9.84. The van der Waals surface area contributed by atoms with Gasteiger partial charge in [0.1, 0.15) is 0 Å². The number of esters is 2. The molecular weight excluding hydrogens is 268 g/mol. The van der Waals surface area contributed by atoms with Crippen molar-refractivity contribution < 1.29 is 19.1 Å². The van der Waals surface area contributed by atoms with Gasteiger partial charge in [0.05, 0.1) is 0 Å². The van der Waals surface area contributed by atoms with Gasteiger partial charge in [0, 0.05) is 12.2 Å². The summed E-state index contributed by atoms with van der Waals surface area (Å²) in [7, 11) is 0. The fourth-order valence-corrected chi connectivity index (χ4v) is 2.19. The van der Waals surface area contributed by atoms with Crippen molar-refractivity contribution in [2.24, 2.45) is 0 Å². The Morgan fingerprint density at radius 2 is 1.67 bits per heavy atom. The van der Waals surface area contributed by atoms with Crippen molar-refractivity contribution in [2.45, 2.75) is 57.2 Å². The summed E-state index contributed by atoms with van der Waals surface area (Å²) < 4.78 is 10.6. The molecule has 0 radical (unpaired) electrons. The van der Waals surface area contributed by atoms with Crippen LogP contribution in [0.1, 0.15) is 46.0 Å². The van der Waals surface area contributed by atoms with E-state index in [2.05, 4.69) is 25.0 Å². The molecular formula is C17H22O4. The van der Waals surface area contributed by atoms with E-state index in [9.17, 15) is 9.59 Å². The van der Waals surface area contributed by atoms with Gasteiger partial charge in [-0.2, -0.15) is 0 Å². The van der Waals surface area contributed by atoms with Crippen LogP contribution in [0, 0.1) is 11.8 Å². The molecule has 1 fully saturated rings. The predicted octanol–water partition coefficient (Wildman–Crippen LogP) is 2.93. The maximum Gasteiger partial charge on any atom is 0.331 e. The summed E-state index contributed by atoms with van der Waals surface area (Å²) in [4.78, 5) is 22.8. The third-order valence-corrected chi connectivity index (χ3v) is 3.24. The minimum Gasteiger partial charge on any atom is -0.443 e. The first-order chi connectivity index (χ1) is 9.82. The van der Waals surface area contributed by atoms with Crippen LogP contribution >= 0.6 is 0 Å². The smallest absolute Gasteiger partial charge is 0.331 e. The summed E-state index contributed by atoms with van der Waals surface area (Å²) in [6.45, 7) is 10.1. The van der Waals surface area contributed by atoms with Crippen molar-refractivity contribution in [3.8, 4) is 11.8 Å². The zero-order valence-electron chi connectivity index (χ0n) is 12.7. The van der Waals surface area contributed by atoms with Gasteiger partial charge in [0.25, 0.3) is 0 Å². The molecule has 0 aromatic heterocycles. The predicted molar refractivity (Wildman–Crippen MR) is 80.2 cm³/mol. The Bertz CT molecular complexity index is 485. The van der Waals surface area contributed by atoms with Crippen LogP contribution in [-0.2, 0) is 19.1 Å². The molecule has 1 saturated carbocycles. The Labute approximate surface area is 126 Å². The molecule has 21 heavy (non-hydrogen) atoms. The van der Waals surface area contributed by atoms with E-state index in [0.29, 0.717) is 12.8 Å². The first-order valence-electron chi connectivity index (χ1n) is 7.08. The van der Waals surface area contributed by atoms with E-state index in [1.54, 1.807) is 13.8 Å². The van der Waals surface area contributed by atoms with Gasteiger partial charge >= 0.3 is 11.9 Å². The molecule has 0 N–H and O–H groups in total. The van der Waals surface area contributed by atoms with Crippen LogP contribution in [0.5, 0.6) is 0 Å². The Morgan fingerprint density at radius 3 is 2.19 bits per heavy atom. The zero-order chi connectivity index (χ0) is 15.9. The van der Waals surface area contributed by atoms with Crippen molar-refractivity contribution in [1.29, 1.82) is 0 Å². The van der Waals surface area contributed by atoms with Gasteiger partial charge < -0.3 is 9.47 Å². The van der Waals surface area contributed by atoms with Gasteiger partial charge in [-0.3, -0.25) is 0 Å². The maximum absolute atomic E-state index is 11.5. The van der Waals surface area contributed by atoms with E-state index in [4.69, 9.17) is 9.47 Å². The SMILES string of the molecule is C=CC(=O)OC(C)(C)C#CC1(OC(=O)C=C)CCCCC1. The number of carbonyl (C=O) groups is 2. The minimum absolute atomic E-state index is 0.480. The minimum atomic E-state index is -0.962. The van der Waals surface area contributed by atoms with Crippen molar-refractivity contribution in [3.63, 3.8) is 0 Å². The van der Waals surface area contributed by atoms with Crippen LogP contribution in [0.15, 0.2) is 25.3 Å². The fourth-order valence-electron chi connectivity index (χ4n) is 2.19. The molecule has 0 amide bonds. The number of carbonyl (C=O) groups excluding carboxylic acids is 2. The van der Waals surface area contributed by atoms with Gasteiger partial charge in [-0.1, -0.05) is 31.4 Å². The lowest BCUT2D eigenvalue weighted by Gasteiger charge is -2.32. The highest BCUT2D eigenvalue weighted by atomic mass is 16.6. The highest BCUT2D eigenvalue weighted by molar-refractivity contribution is 5.82. The summed E-state index contributed by atoms with van der Waals surface area (Å²) in [5.74, 6) is 4.92. The van der Waals surface area contributed by atoms with Crippen molar-refractivity contribution in [1.82, 2.24) is 0 Å². The monoisotopic (exact) mass is 290 g/mol. The molecule has 114 valence electrons. The second-order valence-electron chi connectivity index (χ2n) is 5.57. The second kappa shape index (κ2) is 7.12. The fraction of sp³-hybridized carbons (Fsp3) is 0.529. The summed E-state index contributed by atoms with van der Waals surface area (Å²) in [6.07, 6.45) is 6.61. The van der Waals surface area contributed by atoms with Gasteiger partial charge in [-0.25, -0.2) is 9.59 Å². The maximum atomic E-state index is 11.5. The van der Waals surface area contributed by atoms with Crippen molar-refractivity contribution >= 4 is 11.9 Å². The lowest BCUT2D eigenvalue weighted by molar-refractivity contribution is -0.151. The summed E-state index contributed by atoms with van der Waals surface area (Å²) >= 11 is 0. The molecule has 4 heteroatoms. The standard InChI is InChI=1S/C17H22O4/c1-5-14(18)20-16(3,4)12-13-17(21-15(19)6-2)10-8-7-9-11-17/h5-6H,1-2,7-11H2,3-4H3. The van der Waals surface area contributed by atoms with E-state index in [0.717, 1.165) is 31.4 Å². The van der Waals surface area contributed by atoms with E-state index in [-0.39, 0.29) is 0 Å². The van der Waals surface area contributed by atoms with Crippen LogP contribution in [0.4, 0.5) is 0 Å². The van der Waals surface area contributed by atoms with E-state index in [1.165, 1.54) is 0 Å². The summed E-state index contributed by atoms with van der Waals surface area (Å²) in [5.41, 5.74) is -1.77. The van der Waals surface area contributed by atoms with Crippen LogP contribution in [-0.4, -0.2) is 23.1 Å². The van der Waals surface area contributed by atoms with Crippen molar-refractivity contribution in [2.75, 3.05) is 0 Å². The number of ether oxygens (including phenoxy) is 2. The molecule has 0 aliphatic heterocycles. The molecule has 0 heterocycles. The van der Waals surface area contributed by atoms with Crippen LogP contribution in [0.3, 0.4) is 0 Å². The molecule has 1 aliphatic rings. The average Bonchev–Trinajstić information content (AvgIpc) is 2.46. The first kappa shape index (κ1) is 17.0. The number of rotatable bonds is 4. The molecule has 1 aliphatic carbocycles. The molecule has 0 aromatic carbocycles. The van der Waals surface area contributed by atoms with Crippen LogP contribution < -0.4 is 0 Å². The van der Waals surface area contributed by atoms with Crippen LogP contribution in [0.2, 0.25) is 0 Å². The topological polar surface area (TPSA) is 52.6 Å². The zero-order valence-corrected chi connectivity index (χ0v) is 12.7. The van der Waals surface area contributed by atoms with E-state index < -0.39 is 23.1 Å². The highest BCUT2D eigenvalue weighted by Crippen LogP contribution is 2.31. The highest BCUT2D eigenvalue weighted by Gasteiger charge is 2.34. The first-order valence-corrected chi connectivity index (χ1v) is 7.08. The molecule has 0 bridgehead atoms. The third kappa shape index (κ3) is 5.47. The summed E-state index contributed by atoms with van der Waals surface area (Å²) in [6, 6.07) is 0. The molecule has 0 spiro atoms. The Morgan fingerprint density at radius 1 is 1.10 bits per heavy atom. The van der Waals surface area contributed by atoms with Gasteiger partial charge in [0.15, 0.2) is 11.2 Å². The molecule has 0 unspecified atom stereocenters. The second-order valence-corrected chi connectivity index (χ2v) is 5.57. The van der Waals surface area contributed by atoms with E-state index >= 15 is 0 Å². The molecule has 0 aromatic rings. The molecule has 4 nitrogen and oxygen atoms in total. The van der Waals surface area contributed by atoms with Gasteiger partial charge in [-0.15, -0.1) is 0 Å². The Kier molecular flexibility index (Phi) is 5.78. The van der Waals surface area contributed by atoms with Crippen molar-refractivity contribution in [3.05, 3.63) is 25.3 Å². The van der Waals surface area contributed by atoms with Crippen LogP contribution in [0.25, 0.3) is 0 Å². The molecule has 0 atom stereocenters. The third-order valence-electron chi connectivity index (χ3n) is 3.24. The number of hydrogen-bond donors (Lipinski definition) is 0. The van der Waals surface area contributed by atoms with Gasteiger partial charge in [-0.05, 0) is 39.5 Å². The molecule has 1 rings (SSSR count). The normalized spacial score (nSPS) is 16.9. The Balaban J connectivity index is 2.93. The van der Waals surface area contributed by atoms with Gasteiger partial charge in [0.2, 0.25) is 0 Å². The quantitative estimate of drug-likeness (QED) is 0.454. The number of hydrogen-bond acceptors (Lipinski definition) is 4. The van der Waals surface area contributed by atoms with E-state index in [1.807, 2.05) is 0 Å². The molecule has 0 saturated heterocycles.